The van der Waals surface area contributed by atoms with E-state index in [1.54, 1.807) is 0 Å². The summed E-state index contributed by atoms with van der Waals surface area (Å²) in [5.41, 5.74) is 2.48. The highest BCUT2D eigenvalue weighted by molar-refractivity contribution is 5.59. The van der Waals surface area contributed by atoms with Gasteiger partial charge in [-0.3, -0.25) is 4.79 Å². The fraction of sp³-hybridized carbons (Fsp3) is 0.409. The van der Waals surface area contributed by atoms with Gasteiger partial charge < -0.3 is 19.1 Å². The Morgan fingerprint density at radius 3 is 2.60 bits per heavy atom. The summed E-state index contributed by atoms with van der Waals surface area (Å²) in [6.45, 7) is 6.78. The Kier molecular flexibility index (Phi) is 4.69. The summed E-state index contributed by atoms with van der Waals surface area (Å²) in [7, 11) is 0. The molecule has 3 aromatic rings. The fourth-order valence-electron chi connectivity index (χ4n) is 4.03. The molecular weight excluding hydrogens is 384 g/mol. The molecule has 0 amide bonds. The number of benzene rings is 1. The van der Waals surface area contributed by atoms with Gasteiger partial charge in [-0.05, 0) is 26.0 Å². The van der Waals surface area contributed by atoms with Crippen LogP contribution in [0.2, 0.25) is 0 Å². The average molecular weight is 408 g/mol. The molecule has 2 aromatic heterocycles. The zero-order valence-electron chi connectivity index (χ0n) is 17.1. The maximum absolute atomic E-state index is 12.2. The molecule has 0 aliphatic carbocycles. The van der Waals surface area contributed by atoms with Gasteiger partial charge in [0.25, 0.3) is 5.56 Å². The summed E-state index contributed by atoms with van der Waals surface area (Å²) in [4.78, 5) is 18.8. The van der Waals surface area contributed by atoms with Gasteiger partial charge in [0.2, 0.25) is 0 Å². The van der Waals surface area contributed by atoms with E-state index in [1.807, 2.05) is 32.0 Å². The molecule has 0 spiro atoms. The van der Waals surface area contributed by atoms with Crippen molar-refractivity contribution in [3.05, 3.63) is 51.9 Å². The molecule has 5 rings (SSSR count). The van der Waals surface area contributed by atoms with Crippen molar-refractivity contribution in [2.24, 2.45) is 0 Å². The van der Waals surface area contributed by atoms with Crippen molar-refractivity contribution in [1.29, 1.82) is 0 Å². The molecule has 0 saturated carbocycles. The zero-order chi connectivity index (χ0) is 20.7. The second kappa shape index (κ2) is 7.51. The second-order valence-electron chi connectivity index (χ2n) is 7.70. The van der Waals surface area contributed by atoms with Crippen LogP contribution in [0.15, 0.2) is 35.3 Å². The number of hydrogen-bond donors (Lipinski definition) is 0. The summed E-state index contributed by atoms with van der Waals surface area (Å²) in [6.07, 6.45) is 3.39. The van der Waals surface area contributed by atoms with E-state index >= 15 is 0 Å². The largest absolute Gasteiger partial charge is 0.490 e. The van der Waals surface area contributed by atoms with E-state index in [2.05, 4.69) is 15.0 Å². The maximum atomic E-state index is 12.2. The number of piperidine rings is 1. The minimum absolute atomic E-state index is 0.120. The molecular formula is C22H24N4O4. The van der Waals surface area contributed by atoms with Crippen LogP contribution in [-0.2, 0) is 0 Å². The van der Waals surface area contributed by atoms with Crippen LogP contribution in [0.25, 0.3) is 5.65 Å². The predicted octanol–water partition coefficient (Wildman–Crippen LogP) is 2.53. The first-order valence-electron chi connectivity index (χ1n) is 10.3. The summed E-state index contributed by atoms with van der Waals surface area (Å²) in [5.74, 6) is 3.14. The number of aryl methyl sites for hydroxylation is 1. The molecule has 0 N–H and O–H groups in total. The molecule has 156 valence electrons. The van der Waals surface area contributed by atoms with Crippen molar-refractivity contribution < 1.29 is 14.2 Å². The first-order chi connectivity index (χ1) is 14.6. The van der Waals surface area contributed by atoms with Crippen molar-refractivity contribution in [2.75, 3.05) is 31.2 Å². The van der Waals surface area contributed by atoms with Gasteiger partial charge in [-0.25, -0.2) is 4.98 Å². The van der Waals surface area contributed by atoms with Crippen molar-refractivity contribution >= 4 is 11.5 Å². The lowest BCUT2D eigenvalue weighted by molar-refractivity contribution is 0.159. The third kappa shape index (κ3) is 3.32. The van der Waals surface area contributed by atoms with E-state index in [-0.39, 0.29) is 11.7 Å². The lowest BCUT2D eigenvalue weighted by atomic mass is 10.1. The van der Waals surface area contributed by atoms with Gasteiger partial charge in [0.05, 0.1) is 0 Å². The average Bonchev–Trinajstić information content (AvgIpc) is 2.77. The third-order valence-corrected chi connectivity index (χ3v) is 5.81. The Morgan fingerprint density at radius 1 is 1.03 bits per heavy atom. The minimum atomic E-state index is -0.166. The van der Waals surface area contributed by atoms with E-state index in [1.165, 1.54) is 16.8 Å². The third-order valence-electron chi connectivity index (χ3n) is 5.81. The van der Waals surface area contributed by atoms with E-state index < -0.39 is 0 Å². The summed E-state index contributed by atoms with van der Waals surface area (Å²) in [6, 6.07) is 7.16. The zero-order valence-corrected chi connectivity index (χ0v) is 17.1. The van der Waals surface area contributed by atoms with E-state index in [0.29, 0.717) is 18.9 Å². The number of rotatable bonds is 3. The topological polar surface area (TPSA) is 78.2 Å². The highest BCUT2D eigenvalue weighted by Gasteiger charge is 2.25. The summed E-state index contributed by atoms with van der Waals surface area (Å²) in [5, 5.41) is 4.61. The molecule has 8 nitrogen and oxygen atoms in total. The van der Waals surface area contributed by atoms with Crippen LogP contribution in [0, 0.1) is 13.8 Å². The quantitative estimate of drug-likeness (QED) is 0.659. The number of aromatic nitrogens is 3. The van der Waals surface area contributed by atoms with Crippen LogP contribution in [-0.4, -0.2) is 47.0 Å². The molecule has 1 saturated heterocycles. The SMILES string of the molecule is Cc1c(N2CCC(Oc3ccc4c(c3)OCCO4)CC2)nn2c(=O)ccnc2c1C. The lowest BCUT2D eigenvalue weighted by Gasteiger charge is -2.34. The van der Waals surface area contributed by atoms with Gasteiger partial charge >= 0.3 is 0 Å². The smallest absolute Gasteiger partial charge is 0.274 e. The van der Waals surface area contributed by atoms with E-state index in [0.717, 1.165) is 60.1 Å². The van der Waals surface area contributed by atoms with Crippen LogP contribution >= 0.6 is 0 Å². The number of fused-ring (bicyclic) bond motifs is 2. The van der Waals surface area contributed by atoms with Gasteiger partial charge in [-0.15, -0.1) is 5.10 Å². The molecule has 4 heterocycles. The van der Waals surface area contributed by atoms with Crippen LogP contribution in [0.5, 0.6) is 17.2 Å². The molecule has 0 bridgehead atoms. The van der Waals surface area contributed by atoms with Gasteiger partial charge in [0.15, 0.2) is 23.0 Å². The van der Waals surface area contributed by atoms with Crippen LogP contribution < -0.4 is 24.7 Å². The van der Waals surface area contributed by atoms with Gasteiger partial charge in [0, 0.05) is 55.4 Å². The molecule has 2 aliphatic heterocycles. The number of hydrogen-bond acceptors (Lipinski definition) is 7. The Morgan fingerprint density at radius 2 is 1.80 bits per heavy atom. The molecule has 2 aliphatic rings. The monoisotopic (exact) mass is 408 g/mol. The standard InChI is InChI=1S/C22H24N4O4/c1-14-15(2)22(24-26-20(27)5-8-23-21(14)26)25-9-6-16(7-10-25)30-17-3-4-18-19(13-17)29-12-11-28-18/h3-5,8,13,16H,6-7,9-12H2,1-2H3. The van der Waals surface area contributed by atoms with Crippen LogP contribution in [0.4, 0.5) is 5.82 Å². The van der Waals surface area contributed by atoms with Crippen molar-refractivity contribution in [3.8, 4) is 17.2 Å². The fourth-order valence-corrected chi connectivity index (χ4v) is 4.03. The van der Waals surface area contributed by atoms with Crippen molar-refractivity contribution in [1.82, 2.24) is 14.6 Å². The maximum Gasteiger partial charge on any atom is 0.274 e. The molecule has 30 heavy (non-hydrogen) atoms. The molecule has 1 fully saturated rings. The molecule has 8 heteroatoms. The Hall–Kier alpha value is -3.29. The van der Waals surface area contributed by atoms with Gasteiger partial charge in [-0.2, -0.15) is 4.52 Å². The highest BCUT2D eigenvalue weighted by atomic mass is 16.6. The Bertz CT molecular complexity index is 1150. The molecule has 0 radical (unpaired) electrons. The Balaban J connectivity index is 1.31. The van der Waals surface area contributed by atoms with Crippen LogP contribution in [0.1, 0.15) is 24.0 Å². The minimum Gasteiger partial charge on any atom is -0.490 e. The van der Waals surface area contributed by atoms with E-state index in [4.69, 9.17) is 14.2 Å². The molecule has 1 aromatic carbocycles. The lowest BCUT2D eigenvalue weighted by Crippen LogP contribution is -2.39. The van der Waals surface area contributed by atoms with Crippen molar-refractivity contribution in [3.63, 3.8) is 0 Å². The summed E-state index contributed by atoms with van der Waals surface area (Å²) >= 11 is 0. The van der Waals surface area contributed by atoms with Crippen LogP contribution in [0.3, 0.4) is 0 Å². The molecule has 0 atom stereocenters. The summed E-state index contributed by atoms with van der Waals surface area (Å²) < 4.78 is 18.8. The van der Waals surface area contributed by atoms with E-state index in [9.17, 15) is 4.79 Å². The molecule has 0 unspecified atom stereocenters. The number of ether oxygens (including phenoxy) is 3. The normalized spacial score (nSPS) is 16.7. The Labute approximate surface area is 174 Å². The highest BCUT2D eigenvalue weighted by Crippen LogP contribution is 2.34. The number of nitrogens with zero attached hydrogens (tertiary/aromatic N) is 4. The van der Waals surface area contributed by atoms with Gasteiger partial charge in [0.1, 0.15) is 25.1 Å². The van der Waals surface area contributed by atoms with Gasteiger partial charge in [-0.1, -0.05) is 0 Å². The first-order valence-corrected chi connectivity index (χ1v) is 10.3. The second-order valence-corrected chi connectivity index (χ2v) is 7.70. The first kappa shape index (κ1) is 18.7. The number of anilines is 1. The van der Waals surface area contributed by atoms with Crippen molar-refractivity contribution in [2.45, 2.75) is 32.8 Å². The predicted molar refractivity (Wildman–Crippen MR) is 112 cm³/mol.